The van der Waals surface area contributed by atoms with Gasteiger partial charge in [-0.25, -0.2) is 9.18 Å². The van der Waals surface area contributed by atoms with Crippen LogP contribution in [0.3, 0.4) is 0 Å². The van der Waals surface area contributed by atoms with E-state index in [-0.39, 0.29) is 23.7 Å². The number of ether oxygens (including phenoxy) is 2. The van der Waals surface area contributed by atoms with Gasteiger partial charge in [0.05, 0.1) is 11.7 Å². The van der Waals surface area contributed by atoms with Gasteiger partial charge < -0.3 is 19.3 Å². The second kappa shape index (κ2) is 8.69. The summed E-state index contributed by atoms with van der Waals surface area (Å²) in [6.45, 7) is 8.94. The fraction of sp³-hybridized carbons (Fsp3) is 0.600. The van der Waals surface area contributed by atoms with E-state index in [0.29, 0.717) is 32.6 Å². The van der Waals surface area contributed by atoms with E-state index < -0.39 is 11.4 Å². The summed E-state index contributed by atoms with van der Waals surface area (Å²) in [4.78, 5) is 28.3. The maximum atomic E-state index is 14.3. The summed E-state index contributed by atoms with van der Waals surface area (Å²) < 4.78 is 24.9. The molecule has 7 heteroatoms. The maximum Gasteiger partial charge on any atom is 0.410 e. The number of hydrogen-bond acceptors (Lipinski definition) is 4. The number of carbonyl (C=O) groups excluding carboxylic acids is 2. The predicted octanol–water partition coefficient (Wildman–Crippen LogP) is 3.62. The molecule has 0 spiro atoms. The summed E-state index contributed by atoms with van der Waals surface area (Å²) in [5.41, 5.74) is 0.204. The summed E-state index contributed by atoms with van der Waals surface area (Å²) in [5.74, 6) is -0.927. The van der Waals surface area contributed by atoms with Crippen LogP contribution in [0.25, 0.3) is 0 Å². The van der Waals surface area contributed by atoms with E-state index in [0.717, 1.165) is 5.56 Å². The molecule has 1 aromatic carbocycles. The van der Waals surface area contributed by atoms with Crippen molar-refractivity contribution in [1.29, 1.82) is 0 Å². The highest BCUT2D eigenvalue weighted by Crippen LogP contribution is 2.21. The monoisotopic (exact) mass is 380 g/mol. The molecule has 1 aliphatic rings. The second-order valence-electron chi connectivity index (χ2n) is 7.73. The van der Waals surface area contributed by atoms with Crippen LogP contribution in [-0.4, -0.2) is 60.7 Å². The van der Waals surface area contributed by atoms with E-state index in [1.807, 2.05) is 27.7 Å². The largest absolute Gasteiger partial charge is 0.444 e. The Bertz CT molecular complexity index is 687. The molecule has 0 saturated carbocycles. The van der Waals surface area contributed by atoms with Crippen LogP contribution in [0, 0.1) is 5.82 Å². The van der Waals surface area contributed by atoms with Gasteiger partial charge in [-0.05, 0) is 51.8 Å². The van der Waals surface area contributed by atoms with Gasteiger partial charge in [0.1, 0.15) is 11.4 Å². The first-order valence-corrected chi connectivity index (χ1v) is 9.22. The standard InChI is InChI=1S/C20H29FN2O4/c1-14(26-5)15-7-8-17(21)16(13-15)18(24)22-9-6-10-23(12-11-22)19(25)27-20(2,3)4/h7-8,13-14H,6,9-12H2,1-5H3. The van der Waals surface area contributed by atoms with Crippen LogP contribution in [0.1, 0.15) is 56.1 Å². The zero-order valence-corrected chi connectivity index (χ0v) is 16.8. The number of nitrogens with zero attached hydrogens (tertiary/aromatic N) is 2. The Labute approximate surface area is 160 Å². The summed E-state index contributed by atoms with van der Waals surface area (Å²) in [5, 5.41) is 0. The molecule has 27 heavy (non-hydrogen) atoms. The molecule has 1 unspecified atom stereocenters. The molecule has 1 atom stereocenters. The third kappa shape index (κ3) is 5.66. The van der Waals surface area contributed by atoms with Gasteiger partial charge in [0.25, 0.3) is 5.91 Å². The first kappa shape index (κ1) is 21.2. The number of rotatable bonds is 3. The van der Waals surface area contributed by atoms with Crippen molar-refractivity contribution in [2.75, 3.05) is 33.3 Å². The Morgan fingerprint density at radius 1 is 1.11 bits per heavy atom. The highest BCUT2D eigenvalue weighted by Gasteiger charge is 2.27. The summed E-state index contributed by atoms with van der Waals surface area (Å²) in [6.07, 6.45) is -0.0105. The lowest BCUT2D eigenvalue weighted by molar-refractivity contribution is 0.0255. The molecular formula is C20H29FN2O4. The SMILES string of the molecule is COC(C)c1ccc(F)c(C(=O)N2CCCN(C(=O)OC(C)(C)C)CC2)c1. The van der Waals surface area contributed by atoms with E-state index in [1.165, 1.54) is 6.07 Å². The zero-order valence-electron chi connectivity index (χ0n) is 16.8. The number of amides is 2. The first-order valence-electron chi connectivity index (χ1n) is 9.22. The molecule has 1 saturated heterocycles. The molecule has 0 aromatic heterocycles. The van der Waals surface area contributed by atoms with Crippen LogP contribution in [0.2, 0.25) is 0 Å². The van der Waals surface area contributed by atoms with Crippen molar-refractivity contribution in [2.24, 2.45) is 0 Å². The summed E-state index contributed by atoms with van der Waals surface area (Å²) in [6, 6.07) is 4.46. The van der Waals surface area contributed by atoms with Gasteiger partial charge >= 0.3 is 6.09 Å². The lowest BCUT2D eigenvalue weighted by atomic mass is 10.1. The molecule has 0 aliphatic carbocycles. The molecule has 0 bridgehead atoms. The third-order valence-electron chi connectivity index (χ3n) is 4.48. The minimum absolute atomic E-state index is 0.0297. The highest BCUT2D eigenvalue weighted by molar-refractivity contribution is 5.94. The van der Waals surface area contributed by atoms with Crippen molar-refractivity contribution in [3.05, 3.63) is 35.1 Å². The third-order valence-corrected chi connectivity index (χ3v) is 4.48. The van der Waals surface area contributed by atoms with Crippen molar-refractivity contribution in [1.82, 2.24) is 9.80 Å². The van der Waals surface area contributed by atoms with Gasteiger partial charge in [-0.2, -0.15) is 0 Å². The van der Waals surface area contributed by atoms with E-state index in [9.17, 15) is 14.0 Å². The second-order valence-corrected chi connectivity index (χ2v) is 7.73. The minimum Gasteiger partial charge on any atom is -0.444 e. The molecule has 6 nitrogen and oxygen atoms in total. The van der Waals surface area contributed by atoms with Crippen LogP contribution in [0.15, 0.2) is 18.2 Å². The molecule has 2 rings (SSSR count). The normalized spacial score (nSPS) is 16.7. The zero-order chi connectivity index (χ0) is 20.2. The Balaban J connectivity index is 2.09. The van der Waals surface area contributed by atoms with Crippen LogP contribution in [0.4, 0.5) is 9.18 Å². The number of hydrogen-bond donors (Lipinski definition) is 0. The topological polar surface area (TPSA) is 59.1 Å². The minimum atomic E-state index is -0.569. The molecule has 1 fully saturated rings. The van der Waals surface area contributed by atoms with Crippen molar-refractivity contribution < 1.29 is 23.5 Å². The van der Waals surface area contributed by atoms with Crippen molar-refractivity contribution in [3.63, 3.8) is 0 Å². The first-order chi connectivity index (χ1) is 12.6. The van der Waals surface area contributed by atoms with Gasteiger partial charge in [0.15, 0.2) is 0 Å². The molecule has 1 heterocycles. The van der Waals surface area contributed by atoms with E-state index in [2.05, 4.69) is 0 Å². The van der Waals surface area contributed by atoms with Crippen LogP contribution >= 0.6 is 0 Å². The Morgan fingerprint density at radius 2 is 1.74 bits per heavy atom. The Kier molecular flexibility index (Phi) is 6.81. The molecular weight excluding hydrogens is 351 g/mol. The van der Waals surface area contributed by atoms with E-state index >= 15 is 0 Å². The van der Waals surface area contributed by atoms with Crippen molar-refractivity contribution in [2.45, 2.75) is 45.8 Å². The Hall–Kier alpha value is -2.15. The number of halogens is 1. The average Bonchev–Trinajstić information content (AvgIpc) is 2.85. The predicted molar refractivity (Wildman–Crippen MR) is 100 cm³/mol. The quantitative estimate of drug-likeness (QED) is 0.804. The summed E-state index contributed by atoms with van der Waals surface area (Å²) in [7, 11) is 1.57. The van der Waals surface area contributed by atoms with Crippen molar-refractivity contribution >= 4 is 12.0 Å². The van der Waals surface area contributed by atoms with Crippen LogP contribution in [-0.2, 0) is 9.47 Å². The number of carbonyl (C=O) groups is 2. The summed E-state index contributed by atoms with van der Waals surface area (Å²) >= 11 is 0. The van der Waals surface area contributed by atoms with E-state index in [1.54, 1.807) is 29.0 Å². The number of methoxy groups -OCH3 is 1. The molecule has 0 radical (unpaired) electrons. The van der Waals surface area contributed by atoms with Gasteiger partial charge in [-0.3, -0.25) is 4.79 Å². The molecule has 1 aliphatic heterocycles. The molecule has 150 valence electrons. The van der Waals surface area contributed by atoms with Crippen LogP contribution in [0.5, 0.6) is 0 Å². The van der Waals surface area contributed by atoms with Gasteiger partial charge in [0.2, 0.25) is 0 Å². The highest BCUT2D eigenvalue weighted by atomic mass is 19.1. The van der Waals surface area contributed by atoms with Gasteiger partial charge in [0, 0.05) is 33.3 Å². The van der Waals surface area contributed by atoms with Gasteiger partial charge in [-0.1, -0.05) is 6.07 Å². The lowest BCUT2D eigenvalue weighted by Crippen LogP contribution is -2.40. The fourth-order valence-corrected chi connectivity index (χ4v) is 2.90. The smallest absolute Gasteiger partial charge is 0.410 e. The van der Waals surface area contributed by atoms with Gasteiger partial charge in [-0.15, -0.1) is 0 Å². The van der Waals surface area contributed by atoms with Crippen molar-refractivity contribution in [3.8, 4) is 0 Å². The maximum absolute atomic E-state index is 14.3. The Morgan fingerprint density at radius 3 is 2.37 bits per heavy atom. The molecule has 1 aromatic rings. The van der Waals surface area contributed by atoms with E-state index in [4.69, 9.17) is 9.47 Å². The molecule has 0 N–H and O–H groups in total. The average molecular weight is 380 g/mol. The number of benzene rings is 1. The van der Waals surface area contributed by atoms with Crippen LogP contribution < -0.4 is 0 Å². The fourth-order valence-electron chi connectivity index (χ4n) is 2.90. The lowest BCUT2D eigenvalue weighted by Gasteiger charge is -2.26. The molecule has 2 amide bonds.